The highest BCUT2D eigenvalue weighted by atomic mass is 16.6. The van der Waals surface area contributed by atoms with E-state index in [9.17, 15) is 15.2 Å². The smallest absolute Gasteiger partial charge is 0.300 e. The molecule has 4 rings (SSSR count). The van der Waals surface area contributed by atoms with Gasteiger partial charge in [-0.25, -0.2) is 4.99 Å². The number of aliphatic imine (C=N–C) groups is 2. The molecule has 0 saturated heterocycles. The van der Waals surface area contributed by atoms with Crippen molar-refractivity contribution in [1.82, 2.24) is 0 Å². The van der Waals surface area contributed by atoms with Gasteiger partial charge in [0.1, 0.15) is 11.8 Å². The third-order valence-electron chi connectivity index (χ3n) is 4.38. The first kappa shape index (κ1) is 19.4. The fraction of sp³-hybridized carbons (Fsp3) is 0.150. The Labute approximate surface area is 171 Å². The van der Waals surface area contributed by atoms with Crippen molar-refractivity contribution in [2.45, 2.75) is 18.9 Å². The number of quaternary nitrogens is 1. The Morgan fingerprint density at radius 2 is 2.10 bits per heavy atom. The van der Waals surface area contributed by atoms with Gasteiger partial charge in [0.2, 0.25) is 0 Å². The molecule has 3 heterocycles. The minimum Gasteiger partial charge on any atom is -0.461 e. The number of nitro groups is 1. The molecule has 3 N–H and O–H groups in total. The molecule has 1 aromatic heterocycles. The number of rotatable bonds is 4. The minimum atomic E-state index is -1.38. The van der Waals surface area contributed by atoms with Gasteiger partial charge in [-0.15, -0.1) is 5.84 Å². The second-order valence-corrected chi connectivity index (χ2v) is 7.01. The summed E-state index contributed by atoms with van der Waals surface area (Å²) < 4.78 is 4.85. The van der Waals surface area contributed by atoms with Crippen molar-refractivity contribution in [2.24, 2.45) is 20.9 Å². The molecule has 2 aromatic rings. The predicted molar refractivity (Wildman–Crippen MR) is 109 cm³/mol. The van der Waals surface area contributed by atoms with Crippen LogP contribution in [0.2, 0.25) is 0 Å². The van der Waals surface area contributed by atoms with Crippen molar-refractivity contribution >= 4 is 23.6 Å². The highest BCUT2D eigenvalue weighted by Gasteiger charge is 2.39. The number of hydrogen-bond acceptors (Lipinski definition) is 8. The number of fused-ring (bicyclic) bond motifs is 1. The Balaban J connectivity index is 1.52. The number of non-ortho nitro benzene ring substituents is 1. The van der Waals surface area contributed by atoms with Gasteiger partial charge in [0, 0.05) is 18.6 Å². The van der Waals surface area contributed by atoms with E-state index in [4.69, 9.17) is 10.3 Å². The van der Waals surface area contributed by atoms with Crippen LogP contribution in [0.25, 0.3) is 0 Å². The molecule has 10 heteroatoms. The molecule has 2 aliphatic rings. The van der Waals surface area contributed by atoms with Crippen LogP contribution in [0.4, 0.5) is 5.69 Å². The summed E-state index contributed by atoms with van der Waals surface area (Å²) in [6.07, 6.45) is 4.69. The lowest BCUT2D eigenvalue weighted by atomic mass is 9.97. The summed E-state index contributed by atoms with van der Waals surface area (Å²) in [6, 6.07) is 9.40. The van der Waals surface area contributed by atoms with Gasteiger partial charge in [-0.05, 0) is 40.3 Å². The first-order chi connectivity index (χ1) is 14.2. The van der Waals surface area contributed by atoms with Crippen molar-refractivity contribution in [3.05, 3.63) is 76.0 Å². The monoisotopic (exact) mass is 405 g/mol. The van der Waals surface area contributed by atoms with Crippen molar-refractivity contribution in [3.63, 3.8) is 0 Å². The third-order valence-corrected chi connectivity index (χ3v) is 4.38. The third kappa shape index (κ3) is 3.94. The number of nitrogens with zero attached hydrogens (tertiary/aromatic N) is 5. The fourth-order valence-corrected chi connectivity index (χ4v) is 2.93. The van der Waals surface area contributed by atoms with E-state index >= 15 is 0 Å². The average molecular weight is 405 g/mol. The Hall–Kier alpha value is -3.91. The van der Waals surface area contributed by atoms with Gasteiger partial charge in [-0.3, -0.25) is 10.1 Å². The summed E-state index contributed by atoms with van der Waals surface area (Å²) >= 11 is 0. The lowest BCUT2D eigenvalue weighted by Gasteiger charge is -2.18. The van der Waals surface area contributed by atoms with Crippen LogP contribution in [0.3, 0.4) is 0 Å². The zero-order chi connectivity index (χ0) is 21.4. The van der Waals surface area contributed by atoms with E-state index in [0.29, 0.717) is 28.7 Å². The zero-order valence-corrected chi connectivity index (χ0v) is 15.9. The molecular formula is C20H17N6O4+. The van der Waals surface area contributed by atoms with Crippen LogP contribution < -0.4 is 5.84 Å². The Kier molecular flexibility index (Phi) is 4.63. The Morgan fingerprint density at radius 1 is 1.33 bits per heavy atom. The second-order valence-electron chi connectivity index (χ2n) is 7.01. The number of aliphatic hydroxyl groups is 1. The van der Waals surface area contributed by atoms with Gasteiger partial charge in [-0.2, -0.15) is 4.99 Å². The highest BCUT2D eigenvalue weighted by molar-refractivity contribution is 6.31. The van der Waals surface area contributed by atoms with Crippen LogP contribution in [-0.4, -0.2) is 38.2 Å². The van der Waals surface area contributed by atoms with Crippen molar-refractivity contribution < 1.29 is 19.1 Å². The molecule has 0 fully saturated rings. The maximum Gasteiger partial charge on any atom is 0.300 e. The number of amidine groups is 2. The fourth-order valence-electron chi connectivity index (χ4n) is 2.93. The van der Waals surface area contributed by atoms with Crippen molar-refractivity contribution in [2.75, 3.05) is 0 Å². The molecule has 150 valence electrons. The Bertz CT molecular complexity index is 1180. The molecule has 0 aliphatic carbocycles. The van der Waals surface area contributed by atoms with Crippen molar-refractivity contribution in [3.8, 4) is 11.8 Å². The summed E-state index contributed by atoms with van der Waals surface area (Å²) in [5.74, 6) is 13.1. The lowest BCUT2D eigenvalue weighted by Crippen LogP contribution is -2.50. The Morgan fingerprint density at radius 3 is 2.77 bits per heavy atom. The molecule has 0 saturated carbocycles. The molecule has 10 nitrogen and oxygen atoms in total. The molecule has 30 heavy (non-hydrogen) atoms. The van der Waals surface area contributed by atoms with Gasteiger partial charge in [0.25, 0.3) is 17.4 Å². The van der Waals surface area contributed by atoms with Gasteiger partial charge in [0.05, 0.1) is 11.2 Å². The topological polar surface area (TPSA) is 140 Å². The number of allylic oxidation sites excluding steroid dienone is 1. The summed E-state index contributed by atoms with van der Waals surface area (Å²) in [6.45, 7) is 1.55. The normalized spacial score (nSPS) is 21.5. The van der Waals surface area contributed by atoms with E-state index in [2.05, 4.69) is 26.9 Å². The molecule has 2 unspecified atom stereocenters. The molecule has 2 atom stereocenters. The second kappa shape index (κ2) is 7.16. The maximum absolute atomic E-state index is 10.7. The van der Waals surface area contributed by atoms with Crippen LogP contribution in [0, 0.1) is 22.0 Å². The van der Waals surface area contributed by atoms with E-state index in [1.54, 1.807) is 31.2 Å². The maximum atomic E-state index is 10.7. The van der Waals surface area contributed by atoms with Crippen LogP contribution in [-0.2, 0) is 6.42 Å². The molecular weight excluding hydrogens is 388 g/mol. The first-order valence-electron chi connectivity index (χ1n) is 8.91. The van der Waals surface area contributed by atoms with Gasteiger partial charge in [-0.1, -0.05) is 18.1 Å². The predicted octanol–water partition coefficient (Wildman–Crippen LogP) is 1.87. The van der Waals surface area contributed by atoms with E-state index in [1.165, 1.54) is 30.8 Å². The highest BCUT2D eigenvalue weighted by Crippen LogP contribution is 2.22. The quantitative estimate of drug-likeness (QED) is 0.263. The standard InChI is InChI=1S/C20H17N6O4/c1-20(27,11-14-4-6-16(7-5-14)25(28)29)9-8-15-13-26(21)18(12-22-15)23-19(24-26)17-3-2-10-30-17/h2-7,10,12-13,27H,11,21H2,1H3/q+1. The zero-order valence-electron chi connectivity index (χ0n) is 15.9. The molecule has 1 aromatic carbocycles. The first-order valence-corrected chi connectivity index (χ1v) is 8.91. The number of nitrogens with two attached hydrogens (primary N) is 1. The van der Waals surface area contributed by atoms with E-state index in [0.717, 1.165) is 0 Å². The number of hydrogen-bond donors (Lipinski definition) is 2. The van der Waals surface area contributed by atoms with Crippen LogP contribution in [0.15, 0.2) is 74.1 Å². The van der Waals surface area contributed by atoms with Crippen LogP contribution in [0.1, 0.15) is 18.2 Å². The van der Waals surface area contributed by atoms with Crippen LogP contribution >= 0.6 is 0 Å². The summed E-state index contributed by atoms with van der Waals surface area (Å²) in [5, 5.41) is 25.7. The molecule has 0 radical (unpaired) electrons. The van der Waals surface area contributed by atoms with Gasteiger partial charge >= 0.3 is 0 Å². The number of benzene rings is 1. The van der Waals surface area contributed by atoms with E-state index < -0.39 is 15.2 Å². The summed E-state index contributed by atoms with van der Waals surface area (Å²) in [4.78, 5) is 18.8. The van der Waals surface area contributed by atoms with Crippen molar-refractivity contribution in [1.29, 1.82) is 0 Å². The lowest BCUT2D eigenvalue weighted by molar-refractivity contribution is -0.803. The minimum absolute atomic E-state index is 0.0132. The molecule has 0 bridgehead atoms. The summed E-state index contributed by atoms with van der Waals surface area (Å²) in [7, 11) is 0. The molecule has 0 spiro atoms. The van der Waals surface area contributed by atoms with Crippen LogP contribution in [0.5, 0.6) is 0 Å². The number of furan rings is 1. The largest absolute Gasteiger partial charge is 0.461 e. The van der Waals surface area contributed by atoms with E-state index in [-0.39, 0.29) is 12.1 Å². The SMILES string of the molecule is CC(O)(C#CC1=C[N+]2(N)N=C(c3ccco3)N=C2C=N1)Cc1ccc([N+](=O)[O-])cc1. The number of nitro benzene ring substituents is 1. The van der Waals surface area contributed by atoms with Gasteiger partial charge in [0.15, 0.2) is 17.7 Å². The average Bonchev–Trinajstić information content (AvgIpc) is 3.33. The molecule has 2 aliphatic heterocycles. The van der Waals surface area contributed by atoms with E-state index in [1.807, 2.05) is 0 Å². The van der Waals surface area contributed by atoms with Gasteiger partial charge < -0.3 is 9.52 Å². The molecule has 0 amide bonds. The summed E-state index contributed by atoms with van der Waals surface area (Å²) in [5.41, 5.74) is -0.357.